The van der Waals surface area contributed by atoms with Crippen molar-refractivity contribution >= 4 is 0 Å². The SMILES string of the molecule is CNC(c1ncc[nH]1)c1cccc(F)c1F. The Balaban J connectivity index is 2.45. The van der Waals surface area contributed by atoms with Crippen molar-refractivity contribution < 1.29 is 8.78 Å². The Morgan fingerprint density at radius 1 is 1.38 bits per heavy atom. The lowest BCUT2D eigenvalue weighted by Gasteiger charge is -2.14. The lowest BCUT2D eigenvalue weighted by atomic mass is 10.1. The molecule has 2 aromatic rings. The third kappa shape index (κ3) is 1.81. The number of H-pyrrole nitrogens is 1. The first kappa shape index (κ1) is 10.8. The van der Waals surface area contributed by atoms with Crippen molar-refractivity contribution in [2.24, 2.45) is 0 Å². The van der Waals surface area contributed by atoms with Gasteiger partial charge in [0.15, 0.2) is 11.6 Å². The molecule has 0 radical (unpaired) electrons. The first-order valence-corrected chi connectivity index (χ1v) is 4.84. The number of benzene rings is 1. The van der Waals surface area contributed by atoms with E-state index < -0.39 is 17.7 Å². The van der Waals surface area contributed by atoms with Crippen LogP contribution in [0.2, 0.25) is 0 Å². The van der Waals surface area contributed by atoms with E-state index >= 15 is 0 Å². The maximum atomic E-state index is 13.6. The maximum Gasteiger partial charge on any atom is 0.164 e. The first-order valence-electron chi connectivity index (χ1n) is 4.84. The Morgan fingerprint density at radius 2 is 2.19 bits per heavy atom. The van der Waals surface area contributed by atoms with E-state index in [0.717, 1.165) is 6.07 Å². The minimum absolute atomic E-state index is 0.234. The molecule has 0 bridgehead atoms. The molecule has 1 aromatic heterocycles. The summed E-state index contributed by atoms with van der Waals surface area (Å²) in [6.07, 6.45) is 3.20. The standard InChI is InChI=1S/C11H11F2N3/c1-14-10(11-15-5-6-16-11)7-3-2-4-8(12)9(7)13/h2-6,10,14H,1H3,(H,15,16). The third-order valence-corrected chi connectivity index (χ3v) is 2.37. The van der Waals surface area contributed by atoms with Crippen LogP contribution in [0.5, 0.6) is 0 Å². The van der Waals surface area contributed by atoms with Crippen molar-refractivity contribution in [3.8, 4) is 0 Å². The summed E-state index contributed by atoms with van der Waals surface area (Å²) in [4.78, 5) is 6.90. The molecule has 1 unspecified atom stereocenters. The van der Waals surface area contributed by atoms with Gasteiger partial charge in [-0.1, -0.05) is 12.1 Å². The molecule has 0 aliphatic rings. The highest BCUT2D eigenvalue weighted by atomic mass is 19.2. The fourth-order valence-electron chi connectivity index (χ4n) is 1.62. The molecule has 0 spiro atoms. The van der Waals surface area contributed by atoms with Gasteiger partial charge in [0.25, 0.3) is 0 Å². The largest absolute Gasteiger partial charge is 0.347 e. The number of hydrogen-bond donors (Lipinski definition) is 2. The number of nitrogens with zero attached hydrogens (tertiary/aromatic N) is 1. The predicted molar refractivity (Wildman–Crippen MR) is 55.8 cm³/mol. The summed E-state index contributed by atoms with van der Waals surface area (Å²) < 4.78 is 26.7. The molecule has 2 N–H and O–H groups in total. The Hall–Kier alpha value is -1.75. The molecular weight excluding hydrogens is 212 g/mol. The van der Waals surface area contributed by atoms with Gasteiger partial charge < -0.3 is 10.3 Å². The Kier molecular flexibility index (Phi) is 2.96. The van der Waals surface area contributed by atoms with Gasteiger partial charge in [-0.3, -0.25) is 0 Å². The molecule has 5 heteroatoms. The summed E-state index contributed by atoms with van der Waals surface area (Å²) >= 11 is 0. The maximum absolute atomic E-state index is 13.6. The molecule has 0 saturated carbocycles. The Labute approximate surface area is 91.5 Å². The quantitative estimate of drug-likeness (QED) is 0.835. The zero-order valence-corrected chi connectivity index (χ0v) is 8.67. The van der Waals surface area contributed by atoms with E-state index in [4.69, 9.17) is 0 Å². The first-order chi connectivity index (χ1) is 7.74. The van der Waals surface area contributed by atoms with Crippen LogP contribution in [0.15, 0.2) is 30.6 Å². The van der Waals surface area contributed by atoms with Crippen LogP contribution in [0, 0.1) is 11.6 Å². The number of hydrogen-bond acceptors (Lipinski definition) is 2. The van der Waals surface area contributed by atoms with E-state index in [0.29, 0.717) is 5.82 Å². The van der Waals surface area contributed by atoms with Gasteiger partial charge in [0.2, 0.25) is 0 Å². The molecule has 0 amide bonds. The lowest BCUT2D eigenvalue weighted by Crippen LogP contribution is -2.20. The van der Waals surface area contributed by atoms with Crippen LogP contribution in [0.1, 0.15) is 17.4 Å². The molecule has 16 heavy (non-hydrogen) atoms. The Morgan fingerprint density at radius 3 is 2.81 bits per heavy atom. The fourth-order valence-corrected chi connectivity index (χ4v) is 1.62. The zero-order chi connectivity index (χ0) is 11.5. The van der Waals surface area contributed by atoms with E-state index in [1.807, 2.05) is 0 Å². The zero-order valence-electron chi connectivity index (χ0n) is 8.67. The molecule has 3 nitrogen and oxygen atoms in total. The predicted octanol–water partition coefficient (Wildman–Crippen LogP) is 2.00. The van der Waals surface area contributed by atoms with Gasteiger partial charge in [-0.2, -0.15) is 0 Å². The van der Waals surface area contributed by atoms with Gasteiger partial charge in [-0.25, -0.2) is 13.8 Å². The molecular formula is C11H11F2N3. The van der Waals surface area contributed by atoms with Gasteiger partial charge >= 0.3 is 0 Å². The van der Waals surface area contributed by atoms with Gasteiger partial charge in [-0.15, -0.1) is 0 Å². The van der Waals surface area contributed by atoms with Crippen LogP contribution < -0.4 is 5.32 Å². The molecule has 2 rings (SSSR count). The van der Waals surface area contributed by atoms with Crippen molar-refractivity contribution in [3.63, 3.8) is 0 Å². The van der Waals surface area contributed by atoms with E-state index in [-0.39, 0.29) is 5.56 Å². The summed E-state index contributed by atoms with van der Waals surface area (Å²) in [5.74, 6) is -1.16. The summed E-state index contributed by atoms with van der Waals surface area (Å²) in [5.41, 5.74) is 0.234. The average molecular weight is 223 g/mol. The minimum atomic E-state index is -0.857. The van der Waals surface area contributed by atoms with Crippen LogP contribution in [0.25, 0.3) is 0 Å². The fraction of sp³-hybridized carbons (Fsp3) is 0.182. The summed E-state index contributed by atoms with van der Waals surface area (Å²) in [7, 11) is 1.66. The highest BCUT2D eigenvalue weighted by molar-refractivity contribution is 5.27. The van der Waals surface area contributed by atoms with E-state index in [2.05, 4.69) is 15.3 Å². The molecule has 1 aromatic carbocycles. The van der Waals surface area contributed by atoms with Crippen molar-refractivity contribution in [2.75, 3.05) is 7.05 Å². The number of aromatic nitrogens is 2. The van der Waals surface area contributed by atoms with Crippen molar-refractivity contribution in [2.45, 2.75) is 6.04 Å². The topological polar surface area (TPSA) is 40.7 Å². The van der Waals surface area contributed by atoms with E-state index in [9.17, 15) is 8.78 Å². The third-order valence-electron chi connectivity index (χ3n) is 2.37. The van der Waals surface area contributed by atoms with Crippen LogP contribution in [-0.2, 0) is 0 Å². The average Bonchev–Trinajstić information content (AvgIpc) is 2.79. The number of nitrogens with one attached hydrogen (secondary N) is 2. The molecule has 0 aliphatic heterocycles. The highest BCUT2D eigenvalue weighted by Gasteiger charge is 2.19. The molecule has 0 aliphatic carbocycles. The number of halogens is 2. The van der Waals surface area contributed by atoms with Gasteiger partial charge in [0.05, 0.1) is 6.04 Å². The number of aromatic amines is 1. The van der Waals surface area contributed by atoms with E-state index in [1.165, 1.54) is 12.1 Å². The summed E-state index contributed by atoms with van der Waals surface area (Å²) in [6, 6.07) is 3.61. The van der Waals surface area contributed by atoms with Crippen LogP contribution in [0.3, 0.4) is 0 Å². The second-order valence-electron chi connectivity index (χ2n) is 3.34. The number of imidazole rings is 1. The van der Waals surface area contributed by atoms with E-state index in [1.54, 1.807) is 19.4 Å². The monoisotopic (exact) mass is 223 g/mol. The number of rotatable bonds is 3. The van der Waals surface area contributed by atoms with Crippen LogP contribution in [0.4, 0.5) is 8.78 Å². The second-order valence-corrected chi connectivity index (χ2v) is 3.34. The summed E-state index contributed by atoms with van der Waals surface area (Å²) in [6.45, 7) is 0. The van der Waals surface area contributed by atoms with Crippen LogP contribution >= 0.6 is 0 Å². The van der Waals surface area contributed by atoms with Crippen molar-refractivity contribution in [1.82, 2.24) is 15.3 Å². The van der Waals surface area contributed by atoms with Crippen molar-refractivity contribution in [3.05, 3.63) is 53.6 Å². The van der Waals surface area contributed by atoms with Gasteiger partial charge in [0, 0.05) is 18.0 Å². The molecule has 84 valence electrons. The second kappa shape index (κ2) is 4.40. The van der Waals surface area contributed by atoms with Crippen LogP contribution in [-0.4, -0.2) is 17.0 Å². The lowest BCUT2D eigenvalue weighted by molar-refractivity contribution is 0.484. The summed E-state index contributed by atoms with van der Waals surface area (Å²) in [5, 5.41) is 2.89. The molecule has 1 atom stereocenters. The normalized spacial score (nSPS) is 12.7. The van der Waals surface area contributed by atoms with Crippen molar-refractivity contribution in [1.29, 1.82) is 0 Å². The molecule has 0 saturated heterocycles. The molecule has 1 heterocycles. The smallest absolute Gasteiger partial charge is 0.164 e. The highest BCUT2D eigenvalue weighted by Crippen LogP contribution is 2.22. The minimum Gasteiger partial charge on any atom is -0.347 e. The Bertz CT molecular complexity index is 468. The molecule has 0 fully saturated rings. The van der Waals surface area contributed by atoms with Gasteiger partial charge in [-0.05, 0) is 13.1 Å². The van der Waals surface area contributed by atoms with Gasteiger partial charge in [0.1, 0.15) is 5.82 Å².